The highest BCUT2D eigenvalue weighted by atomic mass is 19.1. The quantitative estimate of drug-likeness (QED) is 0.551. The molecular formula is C20H20FNO6. The second kappa shape index (κ2) is 9.50. The minimum atomic E-state index is -1.14. The van der Waals surface area contributed by atoms with E-state index in [0.717, 1.165) is 0 Å². The van der Waals surface area contributed by atoms with E-state index in [2.05, 4.69) is 5.32 Å². The van der Waals surface area contributed by atoms with Crippen molar-refractivity contribution < 1.29 is 33.0 Å². The maximum Gasteiger partial charge on any atom is 0.343 e. The molecule has 2 aromatic rings. The number of methoxy groups -OCH3 is 2. The molecule has 0 aliphatic heterocycles. The van der Waals surface area contributed by atoms with Gasteiger partial charge in [0.05, 0.1) is 14.2 Å². The highest BCUT2D eigenvalue weighted by Gasteiger charge is 2.26. The second-order valence-corrected chi connectivity index (χ2v) is 5.77. The molecule has 1 atom stereocenters. The highest BCUT2D eigenvalue weighted by Crippen LogP contribution is 2.33. The zero-order chi connectivity index (χ0) is 20.7. The van der Waals surface area contributed by atoms with Gasteiger partial charge in [-0.25, -0.2) is 9.18 Å². The summed E-state index contributed by atoms with van der Waals surface area (Å²) in [6.45, 7) is 1.54. The number of benzene rings is 2. The Bertz CT molecular complexity index is 866. The summed E-state index contributed by atoms with van der Waals surface area (Å²) in [5.74, 6) is -1.55. The normalized spacial score (nSPS) is 11.3. The van der Waals surface area contributed by atoms with E-state index in [-0.39, 0.29) is 35.0 Å². The van der Waals surface area contributed by atoms with Crippen LogP contribution in [0.25, 0.3) is 0 Å². The fraction of sp³-hybridized carbons (Fsp3) is 0.250. The van der Waals surface area contributed by atoms with Gasteiger partial charge in [-0.1, -0.05) is 12.1 Å². The lowest BCUT2D eigenvalue weighted by molar-refractivity contribution is -0.129. The first kappa shape index (κ1) is 20.9. The fourth-order valence-electron chi connectivity index (χ4n) is 2.46. The van der Waals surface area contributed by atoms with E-state index in [1.807, 2.05) is 0 Å². The number of carbonyl (C=O) groups is 3. The summed E-state index contributed by atoms with van der Waals surface area (Å²) < 4.78 is 28.4. The van der Waals surface area contributed by atoms with Crippen molar-refractivity contribution in [3.8, 4) is 11.5 Å². The molecule has 7 nitrogen and oxygen atoms in total. The first-order valence-corrected chi connectivity index (χ1v) is 8.34. The van der Waals surface area contributed by atoms with Crippen molar-refractivity contribution in [2.45, 2.75) is 19.6 Å². The molecule has 0 aliphatic rings. The predicted octanol–water partition coefficient (Wildman–Crippen LogP) is 2.52. The zero-order valence-electron chi connectivity index (χ0n) is 15.7. The molecule has 1 amide bonds. The van der Waals surface area contributed by atoms with Crippen LogP contribution in [-0.4, -0.2) is 38.5 Å². The predicted molar refractivity (Wildman–Crippen MR) is 98.1 cm³/mol. The molecule has 0 saturated carbocycles. The van der Waals surface area contributed by atoms with Crippen molar-refractivity contribution in [2.24, 2.45) is 0 Å². The number of esters is 1. The van der Waals surface area contributed by atoms with Crippen molar-refractivity contribution in [3.63, 3.8) is 0 Å². The Hall–Kier alpha value is -3.42. The van der Waals surface area contributed by atoms with Gasteiger partial charge >= 0.3 is 5.97 Å². The molecule has 0 spiro atoms. The molecule has 0 saturated heterocycles. The van der Waals surface area contributed by atoms with Crippen LogP contribution in [0.5, 0.6) is 11.5 Å². The van der Waals surface area contributed by atoms with Gasteiger partial charge in [-0.15, -0.1) is 0 Å². The Morgan fingerprint density at radius 1 is 1.11 bits per heavy atom. The first-order chi connectivity index (χ1) is 13.4. The topological polar surface area (TPSA) is 90.9 Å². The highest BCUT2D eigenvalue weighted by molar-refractivity contribution is 6.02. The summed E-state index contributed by atoms with van der Waals surface area (Å²) in [6, 6.07) is 8.50. The van der Waals surface area contributed by atoms with E-state index in [4.69, 9.17) is 14.2 Å². The smallest absolute Gasteiger partial charge is 0.343 e. The van der Waals surface area contributed by atoms with Crippen LogP contribution in [0.3, 0.4) is 0 Å². The summed E-state index contributed by atoms with van der Waals surface area (Å²) in [6.07, 6.45) is -0.652. The molecule has 1 N–H and O–H groups in total. The largest absolute Gasteiger partial charge is 0.493 e. The van der Waals surface area contributed by atoms with Crippen LogP contribution in [0.1, 0.15) is 33.2 Å². The Kier molecular flexibility index (Phi) is 7.08. The summed E-state index contributed by atoms with van der Waals surface area (Å²) >= 11 is 0. The molecule has 0 heterocycles. The lowest BCUT2D eigenvalue weighted by Crippen LogP contribution is -2.35. The zero-order valence-corrected chi connectivity index (χ0v) is 15.7. The van der Waals surface area contributed by atoms with Crippen molar-refractivity contribution >= 4 is 18.2 Å². The maximum atomic E-state index is 12.9. The van der Waals surface area contributed by atoms with Gasteiger partial charge in [0.15, 0.2) is 23.9 Å². The number of amides is 1. The van der Waals surface area contributed by atoms with Crippen LogP contribution in [0, 0.1) is 5.82 Å². The van der Waals surface area contributed by atoms with Gasteiger partial charge in [0, 0.05) is 12.1 Å². The molecule has 0 unspecified atom stereocenters. The molecule has 0 aliphatic carbocycles. The molecule has 28 heavy (non-hydrogen) atoms. The lowest BCUT2D eigenvalue weighted by Gasteiger charge is -2.17. The van der Waals surface area contributed by atoms with Crippen molar-refractivity contribution in [1.82, 2.24) is 5.32 Å². The average molecular weight is 389 g/mol. The van der Waals surface area contributed by atoms with Crippen LogP contribution >= 0.6 is 0 Å². The number of halogens is 1. The molecule has 0 radical (unpaired) electrons. The van der Waals surface area contributed by atoms with Crippen molar-refractivity contribution in [2.75, 3.05) is 14.2 Å². The average Bonchev–Trinajstić information content (AvgIpc) is 2.71. The molecule has 8 heteroatoms. The lowest BCUT2D eigenvalue weighted by atomic mass is 10.1. The summed E-state index contributed by atoms with van der Waals surface area (Å²) in [4.78, 5) is 36.0. The Labute approximate surface area is 161 Å². The second-order valence-electron chi connectivity index (χ2n) is 5.77. The van der Waals surface area contributed by atoms with Crippen LogP contribution in [-0.2, 0) is 16.1 Å². The summed E-state index contributed by atoms with van der Waals surface area (Å²) in [5, 5.41) is 2.59. The molecule has 2 aromatic carbocycles. The van der Waals surface area contributed by atoms with Gasteiger partial charge in [-0.3, -0.25) is 9.59 Å². The van der Waals surface area contributed by atoms with E-state index in [1.54, 1.807) is 0 Å². The number of hydrogen-bond donors (Lipinski definition) is 1. The Morgan fingerprint density at radius 3 is 2.36 bits per heavy atom. The number of rotatable bonds is 8. The van der Waals surface area contributed by atoms with Gasteiger partial charge in [0.2, 0.25) is 0 Å². The third-order valence-electron chi connectivity index (χ3n) is 3.94. The van der Waals surface area contributed by atoms with E-state index in [9.17, 15) is 18.8 Å². The van der Waals surface area contributed by atoms with E-state index in [0.29, 0.717) is 11.8 Å². The first-order valence-electron chi connectivity index (χ1n) is 8.34. The summed E-state index contributed by atoms with van der Waals surface area (Å²) in [7, 11) is 2.71. The molecule has 0 bridgehead atoms. The fourth-order valence-corrected chi connectivity index (χ4v) is 2.46. The Morgan fingerprint density at radius 2 is 1.79 bits per heavy atom. The standard InChI is InChI=1S/C20H20FNO6/c1-12(19(24)22-10-13-4-7-15(21)8-5-13)28-20(25)17-14(11-23)6-9-16(26-2)18(17)27-3/h4-9,11-12H,10H2,1-3H3,(H,22,24)/t12-/m1/s1. The van der Waals surface area contributed by atoms with Crippen LogP contribution in [0.15, 0.2) is 36.4 Å². The third-order valence-corrected chi connectivity index (χ3v) is 3.94. The van der Waals surface area contributed by atoms with Gasteiger partial charge in [0.1, 0.15) is 11.4 Å². The van der Waals surface area contributed by atoms with E-state index >= 15 is 0 Å². The molecular weight excluding hydrogens is 369 g/mol. The van der Waals surface area contributed by atoms with Crippen LogP contribution < -0.4 is 14.8 Å². The summed E-state index contributed by atoms with van der Waals surface area (Å²) in [5.41, 5.74) is 0.600. The van der Waals surface area contributed by atoms with Crippen LogP contribution in [0.2, 0.25) is 0 Å². The van der Waals surface area contributed by atoms with Gasteiger partial charge in [0.25, 0.3) is 5.91 Å². The SMILES string of the molecule is COc1ccc(C=O)c(C(=O)O[C@H](C)C(=O)NCc2ccc(F)cc2)c1OC. The number of hydrogen-bond acceptors (Lipinski definition) is 6. The maximum absolute atomic E-state index is 12.9. The molecule has 2 rings (SSSR count). The van der Waals surface area contributed by atoms with Crippen molar-refractivity contribution in [1.29, 1.82) is 0 Å². The third kappa shape index (κ3) is 4.85. The number of nitrogens with one attached hydrogen (secondary N) is 1. The molecule has 0 fully saturated rings. The minimum absolute atomic E-state index is 0.0380. The molecule has 0 aromatic heterocycles. The van der Waals surface area contributed by atoms with E-state index in [1.165, 1.54) is 57.5 Å². The number of aldehydes is 1. The van der Waals surface area contributed by atoms with Gasteiger partial charge in [-0.05, 0) is 36.8 Å². The van der Waals surface area contributed by atoms with Gasteiger partial charge < -0.3 is 19.5 Å². The monoisotopic (exact) mass is 389 g/mol. The van der Waals surface area contributed by atoms with Gasteiger partial charge in [-0.2, -0.15) is 0 Å². The van der Waals surface area contributed by atoms with Crippen molar-refractivity contribution in [3.05, 3.63) is 58.9 Å². The Balaban J connectivity index is 2.10. The number of ether oxygens (including phenoxy) is 3. The van der Waals surface area contributed by atoms with Crippen LogP contribution in [0.4, 0.5) is 4.39 Å². The minimum Gasteiger partial charge on any atom is -0.493 e. The number of carbonyl (C=O) groups excluding carboxylic acids is 3. The molecule has 148 valence electrons. The van der Waals surface area contributed by atoms with E-state index < -0.39 is 18.0 Å².